The zero-order valence-corrected chi connectivity index (χ0v) is 10.0. The summed E-state index contributed by atoms with van der Waals surface area (Å²) in [6.07, 6.45) is 0.880. The van der Waals surface area contributed by atoms with Crippen LogP contribution >= 0.6 is 0 Å². The van der Waals surface area contributed by atoms with Crippen LogP contribution in [0.1, 0.15) is 17.9 Å². The van der Waals surface area contributed by atoms with E-state index >= 15 is 0 Å². The minimum absolute atomic E-state index is 0.0331. The molecule has 2 rings (SSSR count). The molecule has 0 aromatic heterocycles. The summed E-state index contributed by atoms with van der Waals surface area (Å²) >= 11 is 0. The molecule has 1 saturated carbocycles. The van der Waals surface area contributed by atoms with E-state index in [0.717, 1.165) is 17.7 Å². The van der Waals surface area contributed by atoms with Gasteiger partial charge in [-0.3, -0.25) is 4.79 Å². The van der Waals surface area contributed by atoms with Gasteiger partial charge < -0.3 is 14.2 Å². The molecule has 92 valence electrons. The predicted molar refractivity (Wildman–Crippen MR) is 61.8 cm³/mol. The summed E-state index contributed by atoms with van der Waals surface area (Å²) in [6.45, 7) is 0.244. The maximum atomic E-state index is 11.3. The van der Waals surface area contributed by atoms with E-state index in [1.165, 1.54) is 7.11 Å². The van der Waals surface area contributed by atoms with Crippen molar-refractivity contribution in [2.75, 3.05) is 21.0 Å². The van der Waals surface area contributed by atoms with Crippen LogP contribution in [0.4, 0.5) is 0 Å². The van der Waals surface area contributed by atoms with Crippen molar-refractivity contribution in [1.82, 2.24) is 0 Å². The lowest BCUT2D eigenvalue weighted by atomic mass is 10.1. The maximum Gasteiger partial charge on any atom is 0.309 e. The second-order valence-corrected chi connectivity index (χ2v) is 4.09. The molecule has 0 aliphatic heterocycles. The summed E-state index contributed by atoms with van der Waals surface area (Å²) in [5.41, 5.74) is 1.16. The van der Waals surface area contributed by atoms with Crippen LogP contribution in [0.2, 0.25) is 0 Å². The van der Waals surface area contributed by atoms with Gasteiger partial charge in [0.15, 0.2) is 6.79 Å². The molecule has 0 saturated heterocycles. The first kappa shape index (κ1) is 11.9. The Morgan fingerprint density at radius 2 is 2.00 bits per heavy atom. The third kappa shape index (κ3) is 2.77. The molecule has 4 heteroatoms. The van der Waals surface area contributed by atoms with Gasteiger partial charge in [0.1, 0.15) is 5.75 Å². The Labute approximate surface area is 100 Å². The smallest absolute Gasteiger partial charge is 0.309 e. The fraction of sp³-hybridized carbons (Fsp3) is 0.462. The number of carbonyl (C=O) groups excluding carboxylic acids is 1. The van der Waals surface area contributed by atoms with Crippen molar-refractivity contribution in [3.8, 4) is 5.75 Å². The van der Waals surface area contributed by atoms with Gasteiger partial charge in [-0.1, -0.05) is 12.1 Å². The SMILES string of the molecule is COCOc1ccc(C2CC2C(=O)OC)cc1. The molecule has 4 nitrogen and oxygen atoms in total. The lowest BCUT2D eigenvalue weighted by Gasteiger charge is -2.05. The Hall–Kier alpha value is -1.55. The van der Waals surface area contributed by atoms with E-state index in [1.54, 1.807) is 7.11 Å². The van der Waals surface area contributed by atoms with Gasteiger partial charge in [-0.05, 0) is 30.0 Å². The van der Waals surface area contributed by atoms with Gasteiger partial charge in [0, 0.05) is 7.11 Å². The second-order valence-electron chi connectivity index (χ2n) is 4.09. The quantitative estimate of drug-likeness (QED) is 0.579. The molecule has 1 aromatic rings. The van der Waals surface area contributed by atoms with Crippen LogP contribution in [0, 0.1) is 5.92 Å². The van der Waals surface area contributed by atoms with E-state index in [9.17, 15) is 4.79 Å². The zero-order chi connectivity index (χ0) is 12.3. The molecule has 0 spiro atoms. The molecule has 1 fully saturated rings. The van der Waals surface area contributed by atoms with Crippen molar-refractivity contribution < 1.29 is 19.0 Å². The first-order valence-corrected chi connectivity index (χ1v) is 5.55. The number of rotatable bonds is 5. The number of ether oxygens (including phenoxy) is 3. The summed E-state index contributed by atoms with van der Waals surface area (Å²) in [7, 11) is 3.01. The van der Waals surface area contributed by atoms with Crippen LogP contribution in [0.25, 0.3) is 0 Å². The first-order chi connectivity index (χ1) is 8.26. The molecule has 0 N–H and O–H groups in total. The minimum atomic E-state index is -0.116. The molecular weight excluding hydrogens is 220 g/mol. The summed E-state index contributed by atoms with van der Waals surface area (Å²) in [5.74, 6) is 0.991. The lowest BCUT2D eigenvalue weighted by Crippen LogP contribution is -2.04. The molecule has 0 bridgehead atoms. The summed E-state index contributed by atoms with van der Waals surface area (Å²) in [4.78, 5) is 11.3. The Morgan fingerprint density at radius 1 is 1.29 bits per heavy atom. The third-order valence-corrected chi connectivity index (χ3v) is 2.95. The van der Waals surface area contributed by atoms with E-state index in [-0.39, 0.29) is 18.7 Å². The largest absolute Gasteiger partial charge is 0.469 e. The van der Waals surface area contributed by atoms with Crippen LogP contribution in [0.5, 0.6) is 5.75 Å². The molecule has 0 amide bonds. The van der Waals surface area contributed by atoms with Crippen molar-refractivity contribution in [1.29, 1.82) is 0 Å². The molecule has 2 atom stereocenters. The van der Waals surface area contributed by atoms with E-state index in [1.807, 2.05) is 24.3 Å². The predicted octanol–water partition coefficient (Wildman–Crippen LogP) is 1.95. The minimum Gasteiger partial charge on any atom is -0.469 e. The second kappa shape index (κ2) is 5.19. The molecule has 2 unspecified atom stereocenters. The highest BCUT2D eigenvalue weighted by molar-refractivity contribution is 5.77. The van der Waals surface area contributed by atoms with Crippen LogP contribution in [-0.4, -0.2) is 27.0 Å². The topological polar surface area (TPSA) is 44.8 Å². The fourth-order valence-corrected chi connectivity index (χ4v) is 1.91. The Balaban J connectivity index is 1.93. The average Bonchev–Trinajstić information content (AvgIpc) is 3.16. The van der Waals surface area contributed by atoms with Gasteiger partial charge in [0.25, 0.3) is 0 Å². The molecule has 1 aliphatic rings. The van der Waals surface area contributed by atoms with Crippen LogP contribution in [0.15, 0.2) is 24.3 Å². The molecule has 1 aromatic carbocycles. The number of hydrogen-bond donors (Lipinski definition) is 0. The number of esters is 1. The van der Waals surface area contributed by atoms with E-state index in [4.69, 9.17) is 14.2 Å². The fourth-order valence-electron chi connectivity index (χ4n) is 1.91. The van der Waals surface area contributed by atoms with Gasteiger partial charge in [-0.2, -0.15) is 0 Å². The first-order valence-electron chi connectivity index (χ1n) is 5.55. The van der Waals surface area contributed by atoms with Gasteiger partial charge in [0.05, 0.1) is 13.0 Å². The standard InChI is InChI=1S/C13H16O4/c1-15-8-17-10-5-3-9(4-6-10)11-7-12(11)13(14)16-2/h3-6,11-12H,7-8H2,1-2H3. The summed E-state index contributed by atoms with van der Waals surface area (Å²) in [6, 6.07) is 7.75. The normalized spacial score (nSPS) is 22.0. The highest BCUT2D eigenvalue weighted by Crippen LogP contribution is 2.48. The highest BCUT2D eigenvalue weighted by Gasteiger charge is 2.44. The number of benzene rings is 1. The lowest BCUT2D eigenvalue weighted by molar-refractivity contribution is -0.142. The van der Waals surface area contributed by atoms with Crippen LogP contribution < -0.4 is 4.74 Å². The van der Waals surface area contributed by atoms with Crippen molar-refractivity contribution in [2.24, 2.45) is 5.92 Å². The van der Waals surface area contributed by atoms with Crippen molar-refractivity contribution in [2.45, 2.75) is 12.3 Å². The van der Waals surface area contributed by atoms with Crippen LogP contribution in [0.3, 0.4) is 0 Å². The molecule has 0 radical (unpaired) electrons. The number of carbonyl (C=O) groups is 1. The maximum absolute atomic E-state index is 11.3. The van der Waals surface area contributed by atoms with Crippen molar-refractivity contribution >= 4 is 5.97 Å². The van der Waals surface area contributed by atoms with Gasteiger partial charge in [-0.15, -0.1) is 0 Å². The van der Waals surface area contributed by atoms with Crippen LogP contribution in [-0.2, 0) is 14.3 Å². The zero-order valence-electron chi connectivity index (χ0n) is 10.0. The molecule has 1 aliphatic carbocycles. The average molecular weight is 236 g/mol. The summed E-state index contributed by atoms with van der Waals surface area (Å²) < 4.78 is 14.8. The molecular formula is C13H16O4. The van der Waals surface area contributed by atoms with Gasteiger partial charge in [0.2, 0.25) is 0 Å². The van der Waals surface area contributed by atoms with E-state index in [0.29, 0.717) is 5.92 Å². The Bertz CT molecular complexity index is 385. The highest BCUT2D eigenvalue weighted by atomic mass is 16.7. The monoisotopic (exact) mass is 236 g/mol. The summed E-state index contributed by atoms with van der Waals surface area (Å²) in [5, 5.41) is 0. The van der Waals surface area contributed by atoms with Crippen molar-refractivity contribution in [3.63, 3.8) is 0 Å². The third-order valence-electron chi connectivity index (χ3n) is 2.95. The van der Waals surface area contributed by atoms with Gasteiger partial charge in [-0.25, -0.2) is 0 Å². The number of methoxy groups -OCH3 is 2. The van der Waals surface area contributed by atoms with Gasteiger partial charge >= 0.3 is 5.97 Å². The Morgan fingerprint density at radius 3 is 2.59 bits per heavy atom. The number of hydrogen-bond acceptors (Lipinski definition) is 4. The molecule has 17 heavy (non-hydrogen) atoms. The Kier molecular flexibility index (Phi) is 3.64. The van der Waals surface area contributed by atoms with E-state index in [2.05, 4.69) is 0 Å². The molecule has 0 heterocycles. The van der Waals surface area contributed by atoms with E-state index < -0.39 is 0 Å². The van der Waals surface area contributed by atoms with Crippen molar-refractivity contribution in [3.05, 3.63) is 29.8 Å².